The summed E-state index contributed by atoms with van der Waals surface area (Å²) >= 11 is 0. The molecule has 28 heavy (non-hydrogen) atoms. The number of aromatic nitrogens is 4. The summed E-state index contributed by atoms with van der Waals surface area (Å²) in [6.07, 6.45) is 12.1. The molecular weight excluding hydrogens is 357 g/mol. The van der Waals surface area contributed by atoms with Gasteiger partial charge < -0.3 is 10.5 Å². The summed E-state index contributed by atoms with van der Waals surface area (Å²) in [5, 5.41) is 4.27. The first-order valence-corrected chi connectivity index (χ1v) is 9.69. The van der Waals surface area contributed by atoms with E-state index in [0.717, 1.165) is 37.7 Å². The van der Waals surface area contributed by atoms with Crippen molar-refractivity contribution in [1.29, 1.82) is 0 Å². The first-order valence-electron chi connectivity index (χ1n) is 9.69. The molecule has 1 aliphatic carbocycles. The van der Waals surface area contributed by atoms with Crippen molar-refractivity contribution in [3.05, 3.63) is 55.0 Å². The van der Waals surface area contributed by atoms with Crippen molar-refractivity contribution in [2.75, 3.05) is 6.61 Å². The highest BCUT2D eigenvalue weighted by atomic mass is 19.1. The first kappa shape index (κ1) is 18.6. The highest BCUT2D eigenvalue weighted by molar-refractivity contribution is 5.64. The number of ether oxygens (including phenoxy) is 1. The van der Waals surface area contributed by atoms with E-state index in [-0.39, 0.29) is 5.82 Å². The van der Waals surface area contributed by atoms with Gasteiger partial charge in [-0.15, -0.1) is 0 Å². The molecule has 3 aromatic rings. The molecule has 2 aromatic heterocycles. The zero-order valence-corrected chi connectivity index (χ0v) is 15.7. The van der Waals surface area contributed by atoms with Gasteiger partial charge in [0.2, 0.25) is 0 Å². The van der Waals surface area contributed by atoms with Crippen LogP contribution in [0.25, 0.3) is 16.9 Å². The molecular formula is C21H24FN5O. The maximum absolute atomic E-state index is 14.0. The van der Waals surface area contributed by atoms with Gasteiger partial charge in [-0.3, -0.25) is 0 Å². The average Bonchev–Trinajstić information content (AvgIpc) is 3.20. The lowest BCUT2D eigenvalue weighted by Crippen LogP contribution is -2.27. The Labute approximate surface area is 163 Å². The molecule has 1 saturated carbocycles. The Morgan fingerprint density at radius 2 is 1.96 bits per heavy atom. The quantitative estimate of drug-likeness (QED) is 0.703. The summed E-state index contributed by atoms with van der Waals surface area (Å²) in [4.78, 5) is 8.44. The van der Waals surface area contributed by atoms with Gasteiger partial charge in [0.1, 0.15) is 23.5 Å². The molecule has 1 aliphatic rings. The third-order valence-corrected chi connectivity index (χ3v) is 5.31. The van der Waals surface area contributed by atoms with Gasteiger partial charge in [-0.2, -0.15) is 5.10 Å². The van der Waals surface area contributed by atoms with Crippen LogP contribution in [0.5, 0.6) is 5.75 Å². The van der Waals surface area contributed by atoms with Crippen LogP contribution >= 0.6 is 0 Å². The van der Waals surface area contributed by atoms with E-state index in [4.69, 9.17) is 10.5 Å². The van der Waals surface area contributed by atoms with Gasteiger partial charge in [0.15, 0.2) is 5.75 Å². The number of nitrogens with two attached hydrogens (primary N) is 1. The van der Waals surface area contributed by atoms with Crippen LogP contribution in [0.15, 0.2) is 49.2 Å². The Morgan fingerprint density at radius 3 is 2.79 bits per heavy atom. The standard InChI is InChI=1S/C21H24FN5O/c22-18-3-1-2-4-19(18)27-13-16(11-26-27)21-20(12-24-14-25-21)28-10-9-15-5-7-17(23)8-6-15/h1-4,11-15,17H,5-10,23H2. The maximum Gasteiger partial charge on any atom is 0.163 e. The minimum atomic E-state index is -0.330. The van der Waals surface area contributed by atoms with Crippen molar-refractivity contribution in [1.82, 2.24) is 19.7 Å². The molecule has 2 heterocycles. The van der Waals surface area contributed by atoms with Crippen LogP contribution in [-0.2, 0) is 0 Å². The number of benzene rings is 1. The van der Waals surface area contributed by atoms with Crippen LogP contribution in [0, 0.1) is 11.7 Å². The molecule has 7 heteroatoms. The first-order chi connectivity index (χ1) is 13.7. The van der Waals surface area contributed by atoms with Crippen molar-refractivity contribution in [2.45, 2.75) is 38.1 Å². The van der Waals surface area contributed by atoms with Crippen LogP contribution < -0.4 is 10.5 Å². The smallest absolute Gasteiger partial charge is 0.163 e. The van der Waals surface area contributed by atoms with Gasteiger partial charge in [-0.1, -0.05) is 12.1 Å². The predicted octanol–water partition coefficient (Wildman–Crippen LogP) is 3.75. The van der Waals surface area contributed by atoms with Crippen LogP contribution in [0.3, 0.4) is 0 Å². The van der Waals surface area contributed by atoms with Gasteiger partial charge in [0.25, 0.3) is 0 Å². The van der Waals surface area contributed by atoms with E-state index in [1.807, 2.05) is 0 Å². The minimum Gasteiger partial charge on any atom is -0.490 e. The number of rotatable bonds is 6. The lowest BCUT2D eigenvalue weighted by Gasteiger charge is -2.25. The Balaban J connectivity index is 1.45. The molecule has 4 rings (SSSR count). The van der Waals surface area contributed by atoms with E-state index >= 15 is 0 Å². The predicted molar refractivity (Wildman–Crippen MR) is 105 cm³/mol. The molecule has 0 bridgehead atoms. The normalized spacial score (nSPS) is 19.5. The molecule has 146 valence electrons. The lowest BCUT2D eigenvalue weighted by molar-refractivity contribution is 0.237. The molecule has 0 radical (unpaired) electrons. The molecule has 0 amide bonds. The van der Waals surface area contributed by atoms with E-state index in [0.29, 0.717) is 35.7 Å². The van der Waals surface area contributed by atoms with Crippen molar-refractivity contribution in [3.8, 4) is 22.7 Å². The van der Waals surface area contributed by atoms with Gasteiger partial charge in [0, 0.05) is 17.8 Å². The average molecular weight is 381 g/mol. The van der Waals surface area contributed by atoms with E-state index in [1.54, 1.807) is 36.8 Å². The molecule has 1 fully saturated rings. The fourth-order valence-electron chi connectivity index (χ4n) is 3.67. The zero-order valence-electron chi connectivity index (χ0n) is 15.7. The van der Waals surface area contributed by atoms with E-state index in [2.05, 4.69) is 15.1 Å². The number of halogens is 1. The van der Waals surface area contributed by atoms with Crippen LogP contribution in [-0.4, -0.2) is 32.4 Å². The van der Waals surface area contributed by atoms with Gasteiger partial charge >= 0.3 is 0 Å². The second kappa shape index (κ2) is 8.48. The summed E-state index contributed by atoms with van der Waals surface area (Å²) in [5.74, 6) is 0.947. The monoisotopic (exact) mass is 381 g/mol. The lowest BCUT2D eigenvalue weighted by atomic mass is 9.85. The molecule has 1 aromatic carbocycles. The third kappa shape index (κ3) is 4.20. The Hall–Kier alpha value is -2.80. The van der Waals surface area contributed by atoms with Gasteiger partial charge in [0.05, 0.1) is 19.0 Å². The molecule has 0 unspecified atom stereocenters. The van der Waals surface area contributed by atoms with Crippen LogP contribution in [0.1, 0.15) is 32.1 Å². The molecule has 0 spiro atoms. The number of hydrogen-bond acceptors (Lipinski definition) is 5. The molecule has 0 atom stereocenters. The topological polar surface area (TPSA) is 78.8 Å². The van der Waals surface area contributed by atoms with Crippen LogP contribution in [0.2, 0.25) is 0 Å². The van der Waals surface area contributed by atoms with E-state index < -0.39 is 0 Å². The Morgan fingerprint density at radius 1 is 1.14 bits per heavy atom. The highest BCUT2D eigenvalue weighted by Gasteiger charge is 2.19. The zero-order chi connectivity index (χ0) is 19.3. The van der Waals surface area contributed by atoms with Crippen molar-refractivity contribution < 1.29 is 9.13 Å². The van der Waals surface area contributed by atoms with E-state index in [9.17, 15) is 4.39 Å². The van der Waals surface area contributed by atoms with Crippen molar-refractivity contribution in [2.24, 2.45) is 11.7 Å². The maximum atomic E-state index is 14.0. The fourth-order valence-corrected chi connectivity index (χ4v) is 3.67. The summed E-state index contributed by atoms with van der Waals surface area (Å²) in [5.41, 5.74) is 7.77. The molecule has 6 nitrogen and oxygen atoms in total. The van der Waals surface area contributed by atoms with Gasteiger partial charge in [-0.25, -0.2) is 19.0 Å². The summed E-state index contributed by atoms with van der Waals surface area (Å²) in [7, 11) is 0. The Kier molecular flexibility index (Phi) is 5.62. The van der Waals surface area contributed by atoms with E-state index in [1.165, 1.54) is 17.1 Å². The number of hydrogen-bond donors (Lipinski definition) is 1. The largest absolute Gasteiger partial charge is 0.490 e. The fraction of sp³-hybridized carbons (Fsp3) is 0.381. The van der Waals surface area contributed by atoms with Crippen LogP contribution in [0.4, 0.5) is 4.39 Å². The third-order valence-electron chi connectivity index (χ3n) is 5.31. The highest BCUT2D eigenvalue weighted by Crippen LogP contribution is 2.29. The van der Waals surface area contributed by atoms with Gasteiger partial charge in [-0.05, 0) is 50.2 Å². The second-order valence-corrected chi connectivity index (χ2v) is 7.28. The Bertz CT molecular complexity index is 920. The number of nitrogens with zero attached hydrogens (tertiary/aromatic N) is 4. The van der Waals surface area contributed by atoms with Crippen molar-refractivity contribution in [3.63, 3.8) is 0 Å². The molecule has 0 saturated heterocycles. The number of para-hydroxylation sites is 1. The SMILES string of the molecule is NC1CCC(CCOc2cncnc2-c2cnn(-c3ccccc3F)c2)CC1. The second-order valence-electron chi connectivity index (χ2n) is 7.28. The molecule has 0 aliphatic heterocycles. The summed E-state index contributed by atoms with van der Waals surface area (Å²) in [6.45, 7) is 0.613. The van der Waals surface area contributed by atoms with Crippen molar-refractivity contribution >= 4 is 0 Å². The summed E-state index contributed by atoms with van der Waals surface area (Å²) < 4.78 is 21.5. The molecule has 2 N–H and O–H groups in total. The summed E-state index contributed by atoms with van der Waals surface area (Å²) in [6, 6.07) is 6.88. The minimum absolute atomic E-state index is 0.330.